The largest absolute Gasteiger partial charge is 0.331 e. The fourth-order valence-corrected chi connectivity index (χ4v) is 2.73. The molecule has 1 saturated carbocycles. The van der Waals surface area contributed by atoms with Crippen molar-refractivity contribution in [2.45, 2.75) is 19.3 Å². The molecule has 1 unspecified atom stereocenters. The van der Waals surface area contributed by atoms with Crippen molar-refractivity contribution < 1.29 is 4.79 Å². The standard InChI is InChI=1S/C11H16N4O/c16-9(15-10-13-5-6-14-10)8-7-11(8)1-3-12-4-2-11/h5-6,8,12H,1-4,7H2,(H2,13,14,15,16). The van der Waals surface area contributed by atoms with Gasteiger partial charge in [0.15, 0.2) is 0 Å². The normalized spacial score (nSPS) is 26.6. The van der Waals surface area contributed by atoms with Crippen molar-refractivity contribution in [3.8, 4) is 0 Å². The van der Waals surface area contributed by atoms with Crippen LogP contribution >= 0.6 is 0 Å². The number of rotatable bonds is 2. The number of H-pyrrole nitrogens is 1. The molecule has 1 saturated heterocycles. The van der Waals surface area contributed by atoms with E-state index in [-0.39, 0.29) is 11.8 Å². The number of carbonyl (C=O) groups is 1. The molecule has 1 aromatic heterocycles. The van der Waals surface area contributed by atoms with Crippen LogP contribution in [-0.2, 0) is 4.79 Å². The lowest BCUT2D eigenvalue weighted by atomic mass is 9.92. The van der Waals surface area contributed by atoms with Crippen molar-refractivity contribution >= 4 is 11.9 Å². The predicted molar refractivity (Wildman–Crippen MR) is 59.9 cm³/mol. The summed E-state index contributed by atoms with van der Waals surface area (Å²) in [6.45, 7) is 2.09. The van der Waals surface area contributed by atoms with E-state index in [9.17, 15) is 4.79 Å². The van der Waals surface area contributed by atoms with Crippen LogP contribution < -0.4 is 10.6 Å². The number of imidazole rings is 1. The van der Waals surface area contributed by atoms with Gasteiger partial charge in [-0.2, -0.15) is 0 Å². The fourth-order valence-electron chi connectivity index (χ4n) is 2.73. The molecule has 3 N–H and O–H groups in total. The summed E-state index contributed by atoms with van der Waals surface area (Å²) < 4.78 is 0. The SMILES string of the molecule is O=C(Nc1ncc[nH]1)C1CC12CCNCC2. The fraction of sp³-hybridized carbons (Fsp3) is 0.636. The summed E-state index contributed by atoms with van der Waals surface area (Å²) in [4.78, 5) is 18.8. The first-order valence-corrected chi connectivity index (χ1v) is 5.81. The summed E-state index contributed by atoms with van der Waals surface area (Å²) in [6.07, 6.45) is 6.65. The van der Waals surface area contributed by atoms with Crippen LogP contribution in [0.3, 0.4) is 0 Å². The van der Waals surface area contributed by atoms with Crippen LogP contribution in [-0.4, -0.2) is 29.0 Å². The molecule has 5 heteroatoms. The van der Waals surface area contributed by atoms with Gasteiger partial charge in [0, 0.05) is 18.3 Å². The second-order valence-electron chi connectivity index (χ2n) is 4.80. The van der Waals surface area contributed by atoms with Gasteiger partial charge in [0.1, 0.15) is 0 Å². The lowest BCUT2D eigenvalue weighted by Crippen LogP contribution is -2.31. The molecule has 1 aliphatic heterocycles. The van der Waals surface area contributed by atoms with Gasteiger partial charge in [0.05, 0.1) is 0 Å². The average Bonchev–Trinajstić information content (AvgIpc) is 2.76. The van der Waals surface area contributed by atoms with E-state index < -0.39 is 0 Å². The van der Waals surface area contributed by atoms with Crippen molar-refractivity contribution in [1.82, 2.24) is 15.3 Å². The Bertz CT molecular complexity index is 381. The van der Waals surface area contributed by atoms with E-state index in [1.807, 2.05) is 0 Å². The van der Waals surface area contributed by atoms with Gasteiger partial charge < -0.3 is 10.3 Å². The predicted octanol–water partition coefficient (Wildman–Crippen LogP) is 0.738. The third-order valence-electron chi connectivity index (χ3n) is 3.85. The van der Waals surface area contributed by atoms with Crippen LogP contribution in [0.1, 0.15) is 19.3 Å². The highest BCUT2D eigenvalue weighted by Crippen LogP contribution is 2.58. The monoisotopic (exact) mass is 220 g/mol. The molecule has 1 atom stereocenters. The lowest BCUT2D eigenvalue weighted by Gasteiger charge is -2.22. The molecule has 1 aliphatic carbocycles. The molecule has 16 heavy (non-hydrogen) atoms. The summed E-state index contributed by atoms with van der Waals surface area (Å²) in [5.74, 6) is 0.873. The van der Waals surface area contributed by atoms with Gasteiger partial charge in [-0.3, -0.25) is 10.1 Å². The maximum Gasteiger partial charge on any atom is 0.230 e. The Morgan fingerprint density at radius 2 is 2.31 bits per heavy atom. The first-order chi connectivity index (χ1) is 7.80. The quantitative estimate of drug-likeness (QED) is 0.688. The Morgan fingerprint density at radius 3 is 3.00 bits per heavy atom. The molecule has 0 bridgehead atoms. The van der Waals surface area contributed by atoms with E-state index in [2.05, 4.69) is 20.6 Å². The minimum absolute atomic E-state index is 0.122. The van der Waals surface area contributed by atoms with E-state index >= 15 is 0 Å². The van der Waals surface area contributed by atoms with Crippen LogP contribution in [0.2, 0.25) is 0 Å². The number of hydrogen-bond acceptors (Lipinski definition) is 3. The van der Waals surface area contributed by atoms with Crippen molar-refractivity contribution in [3.05, 3.63) is 12.4 Å². The van der Waals surface area contributed by atoms with Crippen LogP contribution in [0.4, 0.5) is 5.95 Å². The Balaban J connectivity index is 1.61. The average molecular weight is 220 g/mol. The zero-order valence-corrected chi connectivity index (χ0v) is 9.12. The maximum atomic E-state index is 12.0. The smallest absolute Gasteiger partial charge is 0.230 e. The zero-order chi connectivity index (χ0) is 11.0. The van der Waals surface area contributed by atoms with Crippen molar-refractivity contribution in [1.29, 1.82) is 0 Å². The molecular formula is C11H16N4O. The van der Waals surface area contributed by atoms with Crippen LogP contribution in [0.25, 0.3) is 0 Å². The number of aromatic nitrogens is 2. The summed E-state index contributed by atoms with van der Waals surface area (Å²) in [5, 5.41) is 6.16. The molecule has 2 heterocycles. The number of nitrogens with zero attached hydrogens (tertiary/aromatic N) is 1. The number of hydrogen-bond donors (Lipinski definition) is 3. The molecule has 5 nitrogen and oxygen atoms in total. The zero-order valence-electron chi connectivity index (χ0n) is 9.12. The maximum absolute atomic E-state index is 12.0. The van der Waals surface area contributed by atoms with E-state index in [1.54, 1.807) is 12.4 Å². The Hall–Kier alpha value is -1.36. The van der Waals surface area contributed by atoms with Gasteiger partial charge in [-0.25, -0.2) is 4.98 Å². The van der Waals surface area contributed by atoms with E-state index in [0.717, 1.165) is 32.4 Å². The van der Waals surface area contributed by atoms with Gasteiger partial charge in [0.25, 0.3) is 0 Å². The molecule has 1 amide bonds. The summed E-state index contributed by atoms with van der Waals surface area (Å²) in [7, 11) is 0. The van der Waals surface area contributed by atoms with Gasteiger partial charge >= 0.3 is 0 Å². The summed E-state index contributed by atoms with van der Waals surface area (Å²) >= 11 is 0. The molecule has 2 fully saturated rings. The van der Waals surface area contributed by atoms with E-state index in [1.165, 1.54) is 0 Å². The van der Waals surface area contributed by atoms with Gasteiger partial charge in [0.2, 0.25) is 11.9 Å². The molecule has 2 aliphatic rings. The molecule has 86 valence electrons. The molecule has 0 radical (unpaired) electrons. The number of aromatic amines is 1. The van der Waals surface area contributed by atoms with Crippen LogP contribution in [0, 0.1) is 11.3 Å². The Kier molecular flexibility index (Phi) is 2.21. The first-order valence-electron chi connectivity index (χ1n) is 5.81. The molecule has 1 aromatic rings. The minimum Gasteiger partial charge on any atom is -0.331 e. The molecular weight excluding hydrogens is 204 g/mol. The molecule has 0 aromatic carbocycles. The van der Waals surface area contributed by atoms with E-state index in [0.29, 0.717) is 11.4 Å². The highest BCUT2D eigenvalue weighted by atomic mass is 16.2. The lowest BCUT2D eigenvalue weighted by molar-refractivity contribution is -0.118. The topological polar surface area (TPSA) is 69.8 Å². The first kappa shape index (κ1) is 9.84. The van der Waals surface area contributed by atoms with Crippen molar-refractivity contribution in [3.63, 3.8) is 0 Å². The summed E-state index contributed by atoms with van der Waals surface area (Å²) in [5.41, 5.74) is 0.294. The van der Waals surface area contributed by atoms with Gasteiger partial charge in [-0.05, 0) is 37.8 Å². The number of carbonyl (C=O) groups excluding carboxylic acids is 1. The second kappa shape index (κ2) is 3.59. The third-order valence-corrected chi connectivity index (χ3v) is 3.85. The Morgan fingerprint density at radius 1 is 1.50 bits per heavy atom. The highest BCUT2D eigenvalue weighted by molar-refractivity contribution is 5.93. The third kappa shape index (κ3) is 1.61. The number of piperidine rings is 1. The number of nitrogens with one attached hydrogen (secondary N) is 3. The minimum atomic E-state index is 0.122. The van der Waals surface area contributed by atoms with E-state index in [4.69, 9.17) is 0 Å². The second-order valence-corrected chi connectivity index (χ2v) is 4.80. The van der Waals surface area contributed by atoms with Crippen LogP contribution in [0.5, 0.6) is 0 Å². The van der Waals surface area contributed by atoms with Crippen LogP contribution in [0.15, 0.2) is 12.4 Å². The van der Waals surface area contributed by atoms with Gasteiger partial charge in [-0.1, -0.05) is 0 Å². The summed E-state index contributed by atoms with van der Waals surface area (Å²) in [6, 6.07) is 0. The van der Waals surface area contributed by atoms with Gasteiger partial charge in [-0.15, -0.1) is 0 Å². The Labute approximate surface area is 94.0 Å². The molecule has 3 rings (SSSR count). The number of anilines is 1. The van der Waals surface area contributed by atoms with Crippen molar-refractivity contribution in [2.24, 2.45) is 11.3 Å². The van der Waals surface area contributed by atoms with Crippen molar-refractivity contribution in [2.75, 3.05) is 18.4 Å². The molecule has 1 spiro atoms. The highest BCUT2D eigenvalue weighted by Gasteiger charge is 2.57. The number of amides is 1.